The van der Waals surface area contributed by atoms with Crippen molar-refractivity contribution in [1.29, 1.82) is 0 Å². The van der Waals surface area contributed by atoms with Crippen molar-refractivity contribution >= 4 is 27.5 Å². The van der Waals surface area contributed by atoms with Gasteiger partial charge in [0, 0.05) is 31.4 Å². The van der Waals surface area contributed by atoms with Gasteiger partial charge < -0.3 is 9.88 Å². The Morgan fingerprint density at radius 2 is 1.78 bits per heavy atom. The number of aryl methyl sites for hydroxylation is 1. The third-order valence-corrected chi connectivity index (χ3v) is 6.81. The van der Waals surface area contributed by atoms with Crippen molar-refractivity contribution in [1.82, 2.24) is 14.2 Å². The third kappa shape index (κ3) is 4.72. The lowest BCUT2D eigenvalue weighted by Gasteiger charge is -2.18. The lowest BCUT2D eigenvalue weighted by Crippen LogP contribution is -2.30. The van der Waals surface area contributed by atoms with Gasteiger partial charge in [-0.15, -0.1) is 0 Å². The summed E-state index contributed by atoms with van der Waals surface area (Å²) in [5.41, 5.74) is 1.24. The summed E-state index contributed by atoms with van der Waals surface area (Å²) in [5, 5.41) is 3.60. The molecule has 0 saturated heterocycles. The minimum absolute atomic E-state index is 0.124. The minimum Gasteiger partial charge on any atom is -0.345 e. The van der Waals surface area contributed by atoms with E-state index >= 15 is 0 Å². The van der Waals surface area contributed by atoms with E-state index in [0.717, 1.165) is 5.56 Å². The topological polar surface area (TPSA) is 71.4 Å². The smallest absolute Gasteiger partial charge is 0.268 e. The molecule has 0 fully saturated rings. The molecule has 148 valence electrons. The van der Waals surface area contributed by atoms with Gasteiger partial charge in [-0.05, 0) is 30.2 Å². The highest BCUT2D eigenvalue weighted by atomic mass is 35.5. The molecule has 0 radical (unpaired) electrons. The van der Waals surface area contributed by atoms with Crippen molar-refractivity contribution in [2.45, 2.75) is 38.1 Å². The molecule has 0 bridgehead atoms. The van der Waals surface area contributed by atoms with E-state index in [0.29, 0.717) is 30.2 Å². The Labute approximate surface area is 166 Å². The molecule has 0 saturated carbocycles. The highest BCUT2D eigenvalue weighted by Crippen LogP contribution is 2.22. The molecule has 1 aromatic carbocycles. The van der Waals surface area contributed by atoms with Gasteiger partial charge in [-0.25, -0.2) is 8.42 Å². The van der Waals surface area contributed by atoms with Gasteiger partial charge in [-0.1, -0.05) is 44.5 Å². The zero-order valence-electron chi connectivity index (χ0n) is 16.1. The van der Waals surface area contributed by atoms with E-state index in [1.165, 1.54) is 16.6 Å². The molecule has 1 N–H and O–H groups in total. The van der Waals surface area contributed by atoms with Crippen LogP contribution in [-0.4, -0.2) is 36.3 Å². The van der Waals surface area contributed by atoms with Crippen LogP contribution in [0.15, 0.2) is 41.4 Å². The number of rotatable bonds is 8. The maximum absolute atomic E-state index is 12.8. The first-order valence-electron chi connectivity index (χ1n) is 8.97. The summed E-state index contributed by atoms with van der Waals surface area (Å²) in [6.07, 6.45) is 2.17. The molecule has 6 nitrogen and oxygen atoms in total. The predicted molar refractivity (Wildman–Crippen MR) is 107 cm³/mol. The van der Waals surface area contributed by atoms with Crippen molar-refractivity contribution in [3.05, 3.63) is 52.8 Å². The fourth-order valence-electron chi connectivity index (χ4n) is 2.96. The maximum Gasteiger partial charge on any atom is 0.268 e. The largest absolute Gasteiger partial charge is 0.345 e. The molecule has 8 heteroatoms. The normalized spacial score (nSPS) is 13.0. The van der Waals surface area contributed by atoms with Crippen molar-refractivity contribution in [2.75, 3.05) is 13.1 Å². The predicted octanol–water partition coefficient (Wildman–Crippen LogP) is 3.59. The van der Waals surface area contributed by atoms with E-state index in [1.807, 2.05) is 19.1 Å². The number of nitrogens with zero attached hydrogens (tertiary/aromatic N) is 2. The molecule has 1 atom stereocenters. The summed E-state index contributed by atoms with van der Waals surface area (Å²) in [6.45, 7) is 6.30. The fraction of sp³-hybridized carbons (Fsp3) is 0.421. The quantitative estimate of drug-likeness (QED) is 0.721. The molecular formula is C19H26ClN3O3S. The summed E-state index contributed by atoms with van der Waals surface area (Å²) in [7, 11) is -1.94. The first-order valence-corrected chi connectivity index (χ1v) is 10.8. The van der Waals surface area contributed by atoms with Gasteiger partial charge in [0.15, 0.2) is 0 Å². The van der Waals surface area contributed by atoms with Gasteiger partial charge >= 0.3 is 0 Å². The van der Waals surface area contributed by atoms with E-state index in [-0.39, 0.29) is 16.8 Å². The molecule has 0 aliphatic carbocycles. The molecule has 2 aromatic rings. The Bertz CT molecular complexity index is 887. The Balaban J connectivity index is 2.26. The fourth-order valence-corrected chi connectivity index (χ4v) is 4.62. The van der Waals surface area contributed by atoms with Crippen LogP contribution in [0.2, 0.25) is 5.02 Å². The second-order valence-corrected chi connectivity index (χ2v) is 8.62. The van der Waals surface area contributed by atoms with E-state index < -0.39 is 10.0 Å². The number of amides is 1. The maximum atomic E-state index is 12.8. The van der Waals surface area contributed by atoms with E-state index in [9.17, 15) is 13.2 Å². The zero-order chi connectivity index (χ0) is 20.2. The average molecular weight is 412 g/mol. The Morgan fingerprint density at radius 3 is 2.30 bits per heavy atom. The van der Waals surface area contributed by atoms with Crippen LogP contribution in [0.3, 0.4) is 0 Å². The zero-order valence-corrected chi connectivity index (χ0v) is 17.6. The van der Waals surface area contributed by atoms with Gasteiger partial charge in [-0.3, -0.25) is 4.79 Å². The summed E-state index contributed by atoms with van der Waals surface area (Å²) in [6, 6.07) is 8.55. The number of hydrogen-bond donors (Lipinski definition) is 1. The van der Waals surface area contributed by atoms with Gasteiger partial charge in [0.1, 0.15) is 10.6 Å². The standard InChI is InChI=1S/C19H26ClN3O3S/c1-5-17(14-8-10-15(20)11-9-14)21-19(24)18-12-16(13-22(18)4)27(25,26)23(6-2)7-3/h8-13,17H,5-7H2,1-4H3,(H,21,24)/t17-/m0/s1. The number of nitrogens with one attached hydrogen (secondary N) is 1. The van der Waals surface area contributed by atoms with Crippen LogP contribution in [-0.2, 0) is 17.1 Å². The first-order chi connectivity index (χ1) is 12.7. The van der Waals surface area contributed by atoms with Crippen molar-refractivity contribution < 1.29 is 13.2 Å². The van der Waals surface area contributed by atoms with Crippen molar-refractivity contribution in [2.24, 2.45) is 7.05 Å². The van der Waals surface area contributed by atoms with Crippen LogP contribution in [0.4, 0.5) is 0 Å². The van der Waals surface area contributed by atoms with E-state index in [1.54, 1.807) is 37.6 Å². The molecule has 0 aliphatic heterocycles. The average Bonchev–Trinajstić information content (AvgIpc) is 3.04. The van der Waals surface area contributed by atoms with Crippen LogP contribution < -0.4 is 5.32 Å². The lowest BCUT2D eigenvalue weighted by molar-refractivity contribution is 0.0927. The van der Waals surface area contributed by atoms with Crippen LogP contribution in [0.25, 0.3) is 0 Å². The number of carbonyl (C=O) groups is 1. The number of benzene rings is 1. The molecule has 0 unspecified atom stereocenters. The third-order valence-electron chi connectivity index (χ3n) is 4.54. The van der Waals surface area contributed by atoms with Gasteiger partial charge in [0.05, 0.1) is 6.04 Å². The van der Waals surface area contributed by atoms with Crippen LogP contribution in [0, 0.1) is 0 Å². The van der Waals surface area contributed by atoms with Crippen LogP contribution in [0.1, 0.15) is 49.3 Å². The number of carbonyl (C=O) groups excluding carboxylic acids is 1. The SMILES string of the molecule is CC[C@H](NC(=O)c1cc(S(=O)(=O)N(CC)CC)cn1C)c1ccc(Cl)cc1. The summed E-state index contributed by atoms with van der Waals surface area (Å²) in [4.78, 5) is 12.9. The number of sulfonamides is 1. The highest BCUT2D eigenvalue weighted by molar-refractivity contribution is 7.89. The Morgan fingerprint density at radius 1 is 1.19 bits per heavy atom. The number of halogens is 1. The van der Waals surface area contributed by atoms with E-state index in [4.69, 9.17) is 11.6 Å². The second-order valence-electron chi connectivity index (χ2n) is 6.25. The molecular weight excluding hydrogens is 386 g/mol. The molecule has 1 aromatic heterocycles. The van der Waals surface area contributed by atoms with Crippen molar-refractivity contribution in [3.63, 3.8) is 0 Å². The van der Waals surface area contributed by atoms with Crippen LogP contribution >= 0.6 is 11.6 Å². The summed E-state index contributed by atoms with van der Waals surface area (Å²) in [5.74, 6) is -0.319. The van der Waals surface area contributed by atoms with Crippen LogP contribution in [0.5, 0.6) is 0 Å². The number of aromatic nitrogens is 1. The summed E-state index contributed by atoms with van der Waals surface area (Å²) < 4.78 is 28.3. The van der Waals surface area contributed by atoms with E-state index in [2.05, 4.69) is 5.32 Å². The highest BCUT2D eigenvalue weighted by Gasteiger charge is 2.26. The Hall–Kier alpha value is -1.83. The molecule has 1 heterocycles. The molecule has 0 spiro atoms. The van der Waals surface area contributed by atoms with Gasteiger partial charge in [-0.2, -0.15) is 4.31 Å². The van der Waals surface area contributed by atoms with Crippen molar-refractivity contribution in [3.8, 4) is 0 Å². The lowest BCUT2D eigenvalue weighted by atomic mass is 10.0. The number of hydrogen-bond acceptors (Lipinski definition) is 3. The Kier molecular flexibility index (Phi) is 7.08. The van der Waals surface area contributed by atoms with Gasteiger partial charge in [0.25, 0.3) is 5.91 Å². The van der Waals surface area contributed by atoms with Gasteiger partial charge in [0.2, 0.25) is 10.0 Å². The molecule has 2 rings (SSSR count). The molecule has 0 aliphatic rings. The monoisotopic (exact) mass is 411 g/mol. The molecule has 1 amide bonds. The first kappa shape index (κ1) is 21.5. The minimum atomic E-state index is -3.61. The molecule has 27 heavy (non-hydrogen) atoms. The second kappa shape index (κ2) is 8.91. The summed E-state index contributed by atoms with van der Waals surface area (Å²) >= 11 is 5.93.